The van der Waals surface area contributed by atoms with Gasteiger partial charge in [-0.3, -0.25) is 0 Å². The molecule has 0 aliphatic carbocycles. The molecule has 0 radical (unpaired) electrons. The first-order valence-electron chi connectivity index (χ1n) is 5.34. The molecule has 4 heteroatoms. The highest BCUT2D eigenvalue weighted by Crippen LogP contribution is 1.96. The quantitative estimate of drug-likeness (QED) is 0.501. The zero-order chi connectivity index (χ0) is 10.8. The Hall–Kier alpha value is -0.160. The fourth-order valence-corrected chi connectivity index (χ4v) is 1.22. The molecule has 2 atom stereocenters. The number of hydrogen-bond donors (Lipinski definition) is 3. The monoisotopic (exact) mass is 205 g/mol. The molecule has 0 amide bonds. The standard InChI is InChI=1S/C10H23NO3/c1-3-9(5-6-12)11-7-10(13)8-14-4-2/h9-13H,3-8H2,1-2H3. The van der Waals surface area contributed by atoms with Crippen molar-refractivity contribution < 1.29 is 14.9 Å². The van der Waals surface area contributed by atoms with E-state index in [1.54, 1.807) is 0 Å². The highest BCUT2D eigenvalue weighted by Gasteiger charge is 2.08. The first kappa shape index (κ1) is 13.8. The Bertz CT molecular complexity index is 122. The minimum atomic E-state index is -0.456. The van der Waals surface area contributed by atoms with E-state index in [-0.39, 0.29) is 12.6 Å². The zero-order valence-corrected chi connectivity index (χ0v) is 9.20. The lowest BCUT2D eigenvalue weighted by atomic mass is 10.1. The molecular weight excluding hydrogens is 182 g/mol. The molecular formula is C10H23NO3. The van der Waals surface area contributed by atoms with Crippen LogP contribution in [0.1, 0.15) is 26.7 Å². The molecule has 0 aromatic heterocycles. The van der Waals surface area contributed by atoms with Gasteiger partial charge >= 0.3 is 0 Å². The van der Waals surface area contributed by atoms with Gasteiger partial charge in [-0.2, -0.15) is 0 Å². The molecule has 0 aromatic carbocycles. The molecule has 0 aliphatic heterocycles. The maximum atomic E-state index is 9.44. The summed E-state index contributed by atoms with van der Waals surface area (Å²) in [6, 6.07) is 0.288. The second-order valence-corrected chi connectivity index (χ2v) is 3.34. The second-order valence-electron chi connectivity index (χ2n) is 3.34. The van der Waals surface area contributed by atoms with Gasteiger partial charge in [-0.1, -0.05) is 6.92 Å². The number of hydrogen-bond acceptors (Lipinski definition) is 4. The first-order valence-corrected chi connectivity index (χ1v) is 5.34. The van der Waals surface area contributed by atoms with Crippen LogP contribution in [-0.4, -0.2) is 48.7 Å². The summed E-state index contributed by atoms with van der Waals surface area (Å²) in [4.78, 5) is 0. The van der Waals surface area contributed by atoms with E-state index >= 15 is 0 Å². The largest absolute Gasteiger partial charge is 0.396 e. The van der Waals surface area contributed by atoms with Crippen LogP contribution in [0.15, 0.2) is 0 Å². The van der Waals surface area contributed by atoms with E-state index < -0.39 is 6.10 Å². The van der Waals surface area contributed by atoms with Crippen molar-refractivity contribution >= 4 is 0 Å². The van der Waals surface area contributed by atoms with Gasteiger partial charge in [0.15, 0.2) is 0 Å². The number of rotatable bonds is 9. The lowest BCUT2D eigenvalue weighted by molar-refractivity contribution is 0.0408. The van der Waals surface area contributed by atoms with E-state index in [0.29, 0.717) is 19.8 Å². The minimum Gasteiger partial charge on any atom is -0.396 e. The van der Waals surface area contributed by atoms with Crippen molar-refractivity contribution in [1.82, 2.24) is 5.32 Å². The van der Waals surface area contributed by atoms with Crippen molar-refractivity contribution in [3.05, 3.63) is 0 Å². The second kappa shape index (κ2) is 9.40. The van der Waals surface area contributed by atoms with Crippen molar-refractivity contribution in [1.29, 1.82) is 0 Å². The average molecular weight is 205 g/mol. The molecule has 0 saturated carbocycles. The highest BCUT2D eigenvalue weighted by molar-refractivity contribution is 4.67. The molecule has 0 aliphatic rings. The van der Waals surface area contributed by atoms with Gasteiger partial charge in [-0.05, 0) is 19.8 Å². The summed E-state index contributed by atoms with van der Waals surface area (Å²) in [5.74, 6) is 0. The third kappa shape index (κ3) is 7.26. The first-order chi connectivity index (χ1) is 6.74. The predicted molar refractivity (Wildman–Crippen MR) is 56.3 cm³/mol. The van der Waals surface area contributed by atoms with E-state index in [1.165, 1.54) is 0 Å². The van der Waals surface area contributed by atoms with Crippen molar-refractivity contribution in [2.75, 3.05) is 26.4 Å². The predicted octanol–water partition coefficient (Wildman–Crippen LogP) is 0.134. The summed E-state index contributed by atoms with van der Waals surface area (Å²) in [7, 11) is 0. The number of nitrogens with one attached hydrogen (secondary N) is 1. The highest BCUT2D eigenvalue weighted by atomic mass is 16.5. The van der Waals surface area contributed by atoms with Gasteiger partial charge in [0.25, 0.3) is 0 Å². The van der Waals surface area contributed by atoms with E-state index in [4.69, 9.17) is 9.84 Å². The third-order valence-corrected chi connectivity index (χ3v) is 2.13. The number of ether oxygens (including phenoxy) is 1. The molecule has 0 aromatic rings. The van der Waals surface area contributed by atoms with Gasteiger partial charge in [0.05, 0.1) is 12.7 Å². The molecule has 86 valence electrons. The van der Waals surface area contributed by atoms with Crippen LogP contribution < -0.4 is 5.32 Å². The molecule has 2 unspecified atom stereocenters. The fraction of sp³-hybridized carbons (Fsp3) is 1.00. The van der Waals surface area contributed by atoms with Crippen molar-refractivity contribution in [3.63, 3.8) is 0 Å². The minimum absolute atomic E-state index is 0.188. The van der Waals surface area contributed by atoms with Gasteiger partial charge < -0.3 is 20.3 Å². The number of aliphatic hydroxyl groups is 2. The van der Waals surface area contributed by atoms with Gasteiger partial charge in [0.1, 0.15) is 0 Å². The van der Waals surface area contributed by atoms with Crippen molar-refractivity contribution in [2.24, 2.45) is 0 Å². The van der Waals surface area contributed by atoms with Crippen molar-refractivity contribution in [2.45, 2.75) is 38.8 Å². The van der Waals surface area contributed by atoms with Gasteiger partial charge in [-0.15, -0.1) is 0 Å². The van der Waals surface area contributed by atoms with Gasteiger partial charge in [0, 0.05) is 25.8 Å². The maximum Gasteiger partial charge on any atom is 0.0897 e. The van der Waals surface area contributed by atoms with Crippen LogP contribution in [0.2, 0.25) is 0 Å². The summed E-state index contributed by atoms with van der Waals surface area (Å²) < 4.78 is 5.08. The summed E-state index contributed by atoms with van der Waals surface area (Å²) in [6.45, 7) is 5.68. The van der Waals surface area contributed by atoms with Crippen LogP contribution in [0.3, 0.4) is 0 Å². The van der Waals surface area contributed by atoms with Crippen LogP contribution in [-0.2, 0) is 4.74 Å². The lowest BCUT2D eigenvalue weighted by Crippen LogP contribution is -2.37. The molecule has 0 rings (SSSR count). The zero-order valence-electron chi connectivity index (χ0n) is 9.20. The van der Waals surface area contributed by atoms with Crippen LogP contribution >= 0.6 is 0 Å². The van der Waals surface area contributed by atoms with Crippen LogP contribution in [0.4, 0.5) is 0 Å². The van der Waals surface area contributed by atoms with Crippen LogP contribution in [0.25, 0.3) is 0 Å². The Kier molecular flexibility index (Phi) is 9.29. The summed E-state index contributed by atoms with van der Waals surface area (Å²) in [6.07, 6.45) is 1.24. The molecule has 3 N–H and O–H groups in total. The molecule has 14 heavy (non-hydrogen) atoms. The molecule has 0 spiro atoms. The van der Waals surface area contributed by atoms with Crippen molar-refractivity contribution in [3.8, 4) is 0 Å². The van der Waals surface area contributed by atoms with Gasteiger partial charge in [-0.25, -0.2) is 0 Å². The smallest absolute Gasteiger partial charge is 0.0897 e. The fourth-order valence-electron chi connectivity index (χ4n) is 1.22. The average Bonchev–Trinajstić information content (AvgIpc) is 2.21. The Labute approximate surface area is 86.3 Å². The SMILES string of the molecule is CCOCC(O)CNC(CC)CCO. The molecule has 4 nitrogen and oxygen atoms in total. The van der Waals surface area contributed by atoms with Crippen LogP contribution in [0.5, 0.6) is 0 Å². The van der Waals surface area contributed by atoms with E-state index in [2.05, 4.69) is 12.2 Å². The summed E-state index contributed by atoms with van der Waals surface area (Å²) in [5.41, 5.74) is 0. The Morgan fingerprint density at radius 3 is 2.57 bits per heavy atom. The molecule has 0 saturated heterocycles. The molecule has 0 heterocycles. The third-order valence-electron chi connectivity index (χ3n) is 2.13. The topological polar surface area (TPSA) is 61.7 Å². The Balaban J connectivity index is 3.46. The normalized spacial score (nSPS) is 15.4. The summed E-state index contributed by atoms with van der Waals surface area (Å²) >= 11 is 0. The Morgan fingerprint density at radius 1 is 1.36 bits per heavy atom. The number of aliphatic hydroxyl groups excluding tert-OH is 2. The van der Waals surface area contributed by atoms with E-state index in [9.17, 15) is 5.11 Å². The summed E-state index contributed by atoms with van der Waals surface area (Å²) in [5, 5.41) is 21.4. The Morgan fingerprint density at radius 2 is 2.07 bits per heavy atom. The lowest BCUT2D eigenvalue weighted by Gasteiger charge is -2.18. The van der Waals surface area contributed by atoms with E-state index in [0.717, 1.165) is 12.8 Å². The molecule has 0 fully saturated rings. The van der Waals surface area contributed by atoms with Crippen LogP contribution in [0, 0.1) is 0 Å². The van der Waals surface area contributed by atoms with Gasteiger partial charge in [0.2, 0.25) is 0 Å². The van der Waals surface area contributed by atoms with E-state index in [1.807, 2.05) is 6.92 Å². The maximum absolute atomic E-state index is 9.44. The molecule has 0 bridgehead atoms.